The quantitative estimate of drug-likeness (QED) is 0.793. The Labute approximate surface area is 126 Å². The Morgan fingerprint density at radius 3 is 2.45 bits per heavy atom. The molecule has 1 aliphatic carbocycles. The molecule has 1 aromatic rings. The molecule has 5 heteroatoms. The smallest absolute Gasteiger partial charge is 0.311 e. The summed E-state index contributed by atoms with van der Waals surface area (Å²) in [6, 6.07) is 7.70. The average Bonchev–Trinajstić information content (AvgIpc) is 2.63. The van der Waals surface area contributed by atoms with Gasteiger partial charge in [0, 0.05) is 17.6 Å². The van der Waals surface area contributed by atoms with E-state index >= 15 is 0 Å². The number of rotatable bonds is 4. The lowest BCUT2D eigenvalue weighted by Crippen LogP contribution is -2.38. The Morgan fingerprint density at radius 2 is 1.85 bits per heavy atom. The van der Waals surface area contributed by atoms with E-state index in [1.54, 1.807) is 4.90 Å². The molecule has 0 bridgehead atoms. The summed E-state index contributed by atoms with van der Waals surface area (Å²) in [4.78, 5) is 27.3. The first kappa shape index (κ1) is 13.6. The van der Waals surface area contributed by atoms with Gasteiger partial charge in [-0.2, -0.15) is 0 Å². The SMILES string of the molecule is O=C1CN(Cc2ccc(Br)cc2)C(=O)N1CC1CCC1. The van der Waals surface area contributed by atoms with Gasteiger partial charge in [0.15, 0.2) is 0 Å². The summed E-state index contributed by atoms with van der Waals surface area (Å²) >= 11 is 3.39. The summed E-state index contributed by atoms with van der Waals surface area (Å²) in [6.07, 6.45) is 3.51. The van der Waals surface area contributed by atoms with Gasteiger partial charge in [-0.15, -0.1) is 0 Å². The zero-order valence-electron chi connectivity index (χ0n) is 11.2. The van der Waals surface area contributed by atoms with Crippen LogP contribution in [0.1, 0.15) is 24.8 Å². The third-order valence-electron chi connectivity index (χ3n) is 4.08. The molecule has 1 heterocycles. The Kier molecular flexibility index (Phi) is 3.78. The fourth-order valence-electron chi connectivity index (χ4n) is 2.64. The molecule has 0 N–H and O–H groups in total. The van der Waals surface area contributed by atoms with Gasteiger partial charge in [-0.3, -0.25) is 9.69 Å². The predicted octanol–water partition coefficient (Wildman–Crippen LogP) is 3.01. The summed E-state index contributed by atoms with van der Waals surface area (Å²) in [7, 11) is 0. The van der Waals surface area contributed by atoms with Crippen molar-refractivity contribution in [2.24, 2.45) is 5.92 Å². The fraction of sp³-hybridized carbons (Fsp3) is 0.467. The van der Waals surface area contributed by atoms with E-state index in [0.717, 1.165) is 22.9 Å². The Hall–Kier alpha value is -1.36. The normalized spacial score (nSPS) is 19.6. The fourth-order valence-corrected chi connectivity index (χ4v) is 2.91. The molecule has 0 spiro atoms. The van der Waals surface area contributed by atoms with Gasteiger partial charge < -0.3 is 4.90 Å². The molecule has 2 aliphatic rings. The Bertz CT molecular complexity index is 525. The number of imide groups is 1. The van der Waals surface area contributed by atoms with Gasteiger partial charge in [-0.1, -0.05) is 34.5 Å². The van der Waals surface area contributed by atoms with Crippen molar-refractivity contribution in [3.8, 4) is 0 Å². The maximum absolute atomic E-state index is 12.3. The minimum atomic E-state index is -0.134. The van der Waals surface area contributed by atoms with E-state index in [1.165, 1.54) is 11.3 Å². The van der Waals surface area contributed by atoms with Crippen molar-refractivity contribution < 1.29 is 9.59 Å². The van der Waals surface area contributed by atoms with Crippen LogP contribution >= 0.6 is 15.9 Å². The summed E-state index contributed by atoms with van der Waals surface area (Å²) in [6.45, 7) is 1.31. The molecule has 1 saturated heterocycles. The third kappa shape index (κ3) is 2.73. The summed E-state index contributed by atoms with van der Waals surface area (Å²) < 4.78 is 1.01. The molecule has 3 rings (SSSR count). The third-order valence-corrected chi connectivity index (χ3v) is 4.61. The van der Waals surface area contributed by atoms with Gasteiger partial charge in [0.1, 0.15) is 6.54 Å². The number of carbonyl (C=O) groups excluding carboxylic acids is 2. The van der Waals surface area contributed by atoms with Crippen LogP contribution in [0.25, 0.3) is 0 Å². The van der Waals surface area contributed by atoms with E-state index in [2.05, 4.69) is 15.9 Å². The van der Waals surface area contributed by atoms with Crippen LogP contribution in [0.3, 0.4) is 0 Å². The van der Waals surface area contributed by atoms with E-state index < -0.39 is 0 Å². The first-order chi connectivity index (χ1) is 9.63. The number of benzene rings is 1. The highest BCUT2D eigenvalue weighted by Crippen LogP contribution is 2.28. The maximum atomic E-state index is 12.3. The molecule has 0 atom stereocenters. The van der Waals surface area contributed by atoms with E-state index in [-0.39, 0.29) is 18.5 Å². The number of carbonyl (C=O) groups is 2. The number of halogens is 1. The van der Waals surface area contributed by atoms with Crippen molar-refractivity contribution in [3.05, 3.63) is 34.3 Å². The number of amides is 3. The lowest BCUT2D eigenvalue weighted by Gasteiger charge is -2.28. The molecule has 1 aromatic carbocycles. The molecule has 0 radical (unpaired) electrons. The second kappa shape index (κ2) is 5.56. The minimum absolute atomic E-state index is 0.0565. The van der Waals surface area contributed by atoms with Gasteiger partial charge in [0.25, 0.3) is 0 Å². The lowest BCUT2D eigenvalue weighted by molar-refractivity contribution is -0.126. The van der Waals surface area contributed by atoms with Gasteiger partial charge in [-0.25, -0.2) is 4.79 Å². The molecule has 1 saturated carbocycles. The van der Waals surface area contributed by atoms with Gasteiger partial charge >= 0.3 is 6.03 Å². The second-order valence-corrected chi connectivity index (χ2v) is 6.48. The minimum Gasteiger partial charge on any atom is -0.311 e. The zero-order chi connectivity index (χ0) is 14.1. The molecular weight excluding hydrogens is 320 g/mol. The molecular formula is C15H17BrN2O2. The van der Waals surface area contributed by atoms with E-state index in [1.807, 2.05) is 24.3 Å². The second-order valence-electron chi connectivity index (χ2n) is 5.57. The van der Waals surface area contributed by atoms with Gasteiger partial charge in [0.05, 0.1) is 0 Å². The number of urea groups is 1. The van der Waals surface area contributed by atoms with Crippen LogP contribution < -0.4 is 0 Å². The standard InChI is InChI=1S/C15H17BrN2O2/c16-13-6-4-12(5-7-13)8-17-10-14(19)18(15(17)20)9-11-2-1-3-11/h4-7,11H,1-3,8-10H2. The highest BCUT2D eigenvalue weighted by molar-refractivity contribution is 9.10. The van der Waals surface area contributed by atoms with Crippen molar-refractivity contribution in [2.45, 2.75) is 25.8 Å². The maximum Gasteiger partial charge on any atom is 0.327 e. The van der Waals surface area contributed by atoms with Crippen LogP contribution in [0.15, 0.2) is 28.7 Å². The first-order valence-electron chi connectivity index (χ1n) is 6.97. The lowest BCUT2D eigenvalue weighted by atomic mass is 9.85. The van der Waals surface area contributed by atoms with Crippen molar-refractivity contribution >= 4 is 27.9 Å². The van der Waals surface area contributed by atoms with Gasteiger partial charge in [0.2, 0.25) is 5.91 Å². The molecule has 106 valence electrons. The topological polar surface area (TPSA) is 40.6 Å². The van der Waals surface area contributed by atoms with Crippen molar-refractivity contribution in [3.63, 3.8) is 0 Å². The van der Waals surface area contributed by atoms with E-state index in [4.69, 9.17) is 0 Å². The number of nitrogens with zero attached hydrogens (tertiary/aromatic N) is 2. The van der Waals surface area contributed by atoms with E-state index in [9.17, 15) is 9.59 Å². The largest absolute Gasteiger partial charge is 0.327 e. The van der Waals surface area contributed by atoms with Crippen LogP contribution in [-0.2, 0) is 11.3 Å². The highest BCUT2D eigenvalue weighted by Gasteiger charge is 2.37. The first-order valence-corrected chi connectivity index (χ1v) is 7.76. The zero-order valence-corrected chi connectivity index (χ0v) is 12.8. The summed E-state index contributed by atoms with van der Waals surface area (Å²) in [5.74, 6) is 0.467. The van der Waals surface area contributed by atoms with Crippen molar-refractivity contribution in [1.29, 1.82) is 0 Å². The number of hydrogen-bond donors (Lipinski definition) is 0. The van der Waals surface area contributed by atoms with Crippen LogP contribution in [0.5, 0.6) is 0 Å². The monoisotopic (exact) mass is 336 g/mol. The Morgan fingerprint density at radius 1 is 1.15 bits per heavy atom. The molecule has 1 aliphatic heterocycles. The number of hydrogen-bond acceptors (Lipinski definition) is 2. The summed E-state index contributed by atoms with van der Waals surface area (Å²) in [5, 5.41) is 0. The molecule has 3 amide bonds. The van der Waals surface area contributed by atoms with Crippen LogP contribution in [-0.4, -0.2) is 34.8 Å². The predicted molar refractivity (Wildman–Crippen MR) is 79.0 cm³/mol. The molecule has 0 unspecified atom stereocenters. The van der Waals surface area contributed by atoms with Gasteiger partial charge in [-0.05, 0) is 36.5 Å². The van der Waals surface area contributed by atoms with E-state index in [0.29, 0.717) is 19.0 Å². The van der Waals surface area contributed by atoms with Crippen molar-refractivity contribution in [2.75, 3.05) is 13.1 Å². The summed E-state index contributed by atoms with van der Waals surface area (Å²) in [5.41, 5.74) is 1.04. The molecule has 20 heavy (non-hydrogen) atoms. The average molecular weight is 337 g/mol. The molecule has 0 aromatic heterocycles. The van der Waals surface area contributed by atoms with Crippen LogP contribution in [0.2, 0.25) is 0 Å². The highest BCUT2D eigenvalue weighted by atomic mass is 79.9. The Balaban J connectivity index is 1.64. The molecule has 2 fully saturated rings. The van der Waals surface area contributed by atoms with Crippen LogP contribution in [0, 0.1) is 5.92 Å². The van der Waals surface area contributed by atoms with Crippen LogP contribution in [0.4, 0.5) is 4.79 Å². The van der Waals surface area contributed by atoms with Crippen molar-refractivity contribution in [1.82, 2.24) is 9.80 Å². The molecule has 4 nitrogen and oxygen atoms in total.